The van der Waals surface area contributed by atoms with Crippen molar-refractivity contribution >= 4 is 22.9 Å². The molecule has 0 saturated heterocycles. The van der Waals surface area contributed by atoms with E-state index in [2.05, 4.69) is 59.7 Å². The van der Waals surface area contributed by atoms with Crippen molar-refractivity contribution in [3.63, 3.8) is 0 Å². The predicted molar refractivity (Wildman–Crippen MR) is 84.4 cm³/mol. The number of rotatable bonds is 5. The van der Waals surface area contributed by atoms with Crippen LogP contribution in [0.1, 0.15) is 51.2 Å². The minimum atomic E-state index is 0.139. The van der Waals surface area contributed by atoms with Crippen LogP contribution in [0.4, 0.5) is 0 Å². The van der Waals surface area contributed by atoms with Gasteiger partial charge in [0, 0.05) is 18.5 Å². The summed E-state index contributed by atoms with van der Waals surface area (Å²) < 4.78 is 4.04. The Bertz CT molecular complexity index is 553. The molecule has 0 amide bonds. The maximum Gasteiger partial charge on any atom is 0.161 e. The highest BCUT2D eigenvalue weighted by Crippen LogP contribution is 2.32. The zero-order valence-corrected chi connectivity index (χ0v) is 14.2. The van der Waals surface area contributed by atoms with E-state index in [1.807, 2.05) is 0 Å². The zero-order chi connectivity index (χ0) is 14.8. The van der Waals surface area contributed by atoms with Gasteiger partial charge in [0.25, 0.3) is 0 Å². The highest BCUT2D eigenvalue weighted by Gasteiger charge is 2.17. The van der Waals surface area contributed by atoms with Crippen LogP contribution in [-0.2, 0) is 6.42 Å². The molecule has 0 saturated carbocycles. The molecule has 0 fully saturated rings. The van der Waals surface area contributed by atoms with Gasteiger partial charge in [-0.3, -0.25) is 0 Å². The molecule has 0 aromatic carbocycles. The molecule has 0 atom stereocenters. The van der Waals surface area contributed by atoms with Crippen LogP contribution in [0.2, 0.25) is 0 Å². The molecule has 110 valence electrons. The van der Waals surface area contributed by atoms with Gasteiger partial charge in [0.15, 0.2) is 5.01 Å². The number of aromatic nitrogens is 4. The largest absolute Gasteiger partial charge is 0.312 e. The van der Waals surface area contributed by atoms with Crippen molar-refractivity contribution in [1.82, 2.24) is 25.1 Å². The summed E-state index contributed by atoms with van der Waals surface area (Å²) in [4.78, 5) is 1.06. The summed E-state index contributed by atoms with van der Waals surface area (Å²) in [5.74, 6) is 0.360. The first-order valence-electron chi connectivity index (χ1n) is 6.77. The Morgan fingerprint density at radius 3 is 2.55 bits per heavy atom. The van der Waals surface area contributed by atoms with Crippen LogP contribution in [0.15, 0.2) is 0 Å². The molecule has 0 aliphatic carbocycles. The topological polar surface area (TPSA) is 63.6 Å². The molecule has 0 spiro atoms. The van der Waals surface area contributed by atoms with Crippen LogP contribution in [-0.4, -0.2) is 31.9 Å². The lowest BCUT2D eigenvalue weighted by Gasteiger charge is -2.19. The fraction of sp³-hybridized carbons (Fsp3) is 0.692. The van der Waals surface area contributed by atoms with Gasteiger partial charge in [0.05, 0.1) is 5.69 Å². The second kappa shape index (κ2) is 6.24. The average Bonchev–Trinajstić information content (AvgIpc) is 2.93. The second-order valence-corrected chi connectivity index (χ2v) is 7.89. The summed E-state index contributed by atoms with van der Waals surface area (Å²) in [6.45, 7) is 11.6. The Kier molecular flexibility index (Phi) is 4.82. The second-order valence-electron chi connectivity index (χ2n) is 6.07. The van der Waals surface area contributed by atoms with Crippen molar-refractivity contribution in [3.8, 4) is 9.88 Å². The van der Waals surface area contributed by atoms with Crippen LogP contribution in [0.3, 0.4) is 0 Å². The molecule has 0 unspecified atom stereocenters. The van der Waals surface area contributed by atoms with E-state index in [0.717, 1.165) is 33.6 Å². The van der Waals surface area contributed by atoms with E-state index in [-0.39, 0.29) is 5.54 Å². The summed E-state index contributed by atoms with van der Waals surface area (Å²) in [6, 6.07) is 0. The third kappa shape index (κ3) is 4.04. The Morgan fingerprint density at radius 2 is 1.90 bits per heavy atom. The van der Waals surface area contributed by atoms with Crippen LogP contribution in [0, 0.1) is 0 Å². The maximum absolute atomic E-state index is 4.29. The molecule has 2 aromatic rings. The molecule has 2 heterocycles. The van der Waals surface area contributed by atoms with E-state index in [9.17, 15) is 0 Å². The van der Waals surface area contributed by atoms with E-state index >= 15 is 0 Å². The first-order chi connectivity index (χ1) is 9.37. The average molecular weight is 311 g/mol. The lowest BCUT2D eigenvalue weighted by molar-refractivity contribution is 0.429. The van der Waals surface area contributed by atoms with Gasteiger partial charge in [-0.15, -0.1) is 15.3 Å². The summed E-state index contributed by atoms with van der Waals surface area (Å²) >= 11 is 3.04. The number of hydrogen-bond donors (Lipinski definition) is 1. The zero-order valence-electron chi connectivity index (χ0n) is 12.6. The fourth-order valence-electron chi connectivity index (χ4n) is 1.71. The molecule has 7 heteroatoms. The van der Waals surface area contributed by atoms with Gasteiger partial charge in [0.2, 0.25) is 0 Å². The number of nitrogens with one attached hydrogen (secondary N) is 1. The van der Waals surface area contributed by atoms with Crippen molar-refractivity contribution in [2.24, 2.45) is 0 Å². The number of nitrogens with zero attached hydrogens (tertiary/aromatic N) is 4. The monoisotopic (exact) mass is 311 g/mol. The van der Waals surface area contributed by atoms with Gasteiger partial charge >= 0.3 is 0 Å². The van der Waals surface area contributed by atoms with Crippen molar-refractivity contribution in [3.05, 3.63) is 10.7 Å². The molecule has 0 radical (unpaired) electrons. The van der Waals surface area contributed by atoms with Gasteiger partial charge in [-0.1, -0.05) is 29.7 Å². The smallest absolute Gasteiger partial charge is 0.161 e. The summed E-state index contributed by atoms with van der Waals surface area (Å²) in [6.07, 6.45) is 0.901. The molecule has 1 N–H and O–H groups in total. The van der Waals surface area contributed by atoms with Crippen molar-refractivity contribution < 1.29 is 0 Å². The molecule has 20 heavy (non-hydrogen) atoms. The molecule has 2 rings (SSSR count). The molecule has 2 aromatic heterocycles. The normalized spacial score (nSPS) is 12.3. The molecule has 5 nitrogen and oxygen atoms in total. The van der Waals surface area contributed by atoms with Crippen LogP contribution >= 0.6 is 22.9 Å². The van der Waals surface area contributed by atoms with E-state index < -0.39 is 0 Å². The van der Waals surface area contributed by atoms with Crippen molar-refractivity contribution in [2.75, 3.05) is 6.54 Å². The van der Waals surface area contributed by atoms with Crippen LogP contribution in [0.5, 0.6) is 0 Å². The van der Waals surface area contributed by atoms with Crippen molar-refractivity contribution in [2.45, 2.75) is 52.5 Å². The van der Waals surface area contributed by atoms with E-state index in [4.69, 9.17) is 0 Å². The minimum absolute atomic E-state index is 0.139. The lowest BCUT2D eigenvalue weighted by atomic mass is 10.1. The number of hydrogen-bond acceptors (Lipinski definition) is 7. The highest BCUT2D eigenvalue weighted by molar-refractivity contribution is 7.19. The first-order valence-corrected chi connectivity index (χ1v) is 8.36. The van der Waals surface area contributed by atoms with Gasteiger partial charge in [-0.05, 0) is 38.2 Å². The third-order valence-corrected chi connectivity index (χ3v) is 4.59. The third-order valence-electron chi connectivity index (χ3n) is 2.72. The molecule has 0 aliphatic heterocycles. The van der Waals surface area contributed by atoms with Crippen LogP contribution in [0.25, 0.3) is 9.88 Å². The highest BCUT2D eigenvalue weighted by atomic mass is 32.1. The van der Waals surface area contributed by atoms with Gasteiger partial charge in [-0.25, -0.2) is 0 Å². The maximum atomic E-state index is 4.29. The van der Waals surface area contributed by atoms with Gasteiger partial charge in [0.1, 0.15) is 9.88 Å². The van der Waals surface area contributed by atoms with E-state index in [1.54, 1.807) is 11.3 Å². The molecular formula is C13H21N5S2. The molecular weight excluding hydrogens is 290 g/mol. The van der Waals surface area contributed by atoms with E-state index in [1.165, 1.54) is 11.5 Å². The van der Waals surface area contributed by atoms with Crippen molar-refractivity contribution in [1.29, 1.82) is 0 Å². The van der Waals surface area contributed by atoms with E-state index in [0.29, 0.717) is 5.92 Å². The quantitative estimate of drug-likeness (QED) is 0.919. The van der Waals surface area contributed by atoms with Crippen LogP contribution < -0.4 is 5.32 Å². The molecule has 0 bridgehead atoms. The SMILES string of the molecule is CC(C)c1nnsc1-c1nnc(CCNC(C)(C)C)s1. The summed E-state index contributed by atoms with van der Waals surface area (Å²) in [5.41, 5.74) is 1.16. The summed E-state index contributed by atoms with van der Waals surface area (Å²) in [5, 5.41) is 18.2. The van der Waals surface area contributed by atoms with Gasteiger partial charge in [-0.2, -0.15) is 0 Å². The van der Waals surface area contributed by atoms with Gasteiger partial charge < -0.3 is 5.32 Å². The Hall–Kier alpha value is -0.920. The Morgan fingerprint density at radius 1 is 1.15 bits per heavy atom. The lowest BCUT2D eigenvalue weighted by Crippen LogP contribution is -2.37. The Labute approximate surface area is 128 Å². The molecule has 0 aliphatic rings. The minimum Gasteiger partial charge on any atom is -0.312 e. The predicted octanol–water partition coefficient (Wildman–Crippen LogP) is 3.11. The standard InChI is InChI=1S/C13H21N5S2/c1-8(2)10-11(20-18-16-10)12-17-15-9(19-12)6-7-14-13(3,4)5/h8,14H,6-7H2,1-5H3. The Balaban J connectivity index is 2.04. The first kappa shape index (κ1) is 15.5. The summed E-state index contributed by atoms with van der Waals surface area (Å²) in [7, 11) is 0. The fourth-order valence-corrected chi connectivity index (χ4v) is 3.44.